The van der Waals surface area contributed by atoms with E-state index < -0.39 is 5.41 Å². The van der Waals surface area contributed by atoms with Gasteiger partial charge in [0.15, 0.2) is 0 Å². The Morgan fingerprint density at radius 2 is 2.00 bits per heavy atom. The highest BCUT2D eigenvalue weighted by atomic mass is 16.5. The Bertz CT molecular complexity index is 599. The van der Waals surface area contributed by atoms with Crippen LogP contribution in [0.4, 0.5) is 0 Å². The van der Waals surface area contributed by atoms with E-state index in [0.717, 1.165) is 18.6 Å². The topological polar surface area (TPSA) is 29.5 Å². The lowest BCUT2D eigenvalue weighted by atomic mass is 9.76. The molecule has 100 valence electrons. The summed E-state index contributed by atoms with van der Waals surface area (Å²) in [6, 6.07) is 6.19. The molecule has 1 aliphatic heterocycles. The molecule has 1 amide bonds. The molecule has 1 aliphatic carbocycles. The van der Waals surface area contributed by atoms with Crippen LogP contribution in [-0.2, 0) is 11.2 Å². The molecule has 0 aromatic heterocycles. The van der Waals surface area contributed by atoms with E-state index in [1.54, 1.807) is 7.11 Å². The Morgan fingerprint density at radius 1 is 1.26 bits per heavy atom. The summed E-state index contributed by atoms with van der Waals surface area (Å²) >= 11 is 0. The van der Waals surface area contributed by atoms with Crippen LogP contribution in [0, 0.1) is 5.41 Å². The van der Waals surface area contributed by atoms with Gasteiger partial charge in [-0.1, -0.05) is 6.07 Å². The van der Waals surface area contributed by atoms with Crippen LogP contribution < -0.4 is 4.74 Å². The molecule has 3 heteroatoms. The third-order valence-corrected chi connectivity index (χ3v) is 4.38. The zero-order valence-corrected chi connectivity index (χ0v) is 11.9. The molecule has 0 bridgehead atoms. The number of carbonyl (C=O) groups is 1. The highest BCUT2D eigenvalue weighted by molar-refractivity contribution is 6.03. The number of allylic oxidation sites excluding steroid dienone is 1. The van der Waals surface area contributed by atoms with E-state index in [0.29, 0.717) is 0 Å². The number of hydrogen-bond acceptors (Lipinski definition) is 2. The first-order valence-electron chi connectivity index (χ1n) is 6.66. The molecule has 0 saturated carbocycles. The van der Waals surface area contributed by atoms with Gasteiger partial charge in [-0.2, -0.15) is 0 Å². The minimum atomic E-state index is -0.439. The first-order valence-corrected chi connectivity index (χ1v) is 6.66. The highest BCUT2D eigenvalue weighted by Gasteiger charge is 2.46. The van der Waals surface area contributed by atoms with Crippen molar-refractivity contribution in [1.29, 1.82) is 0 Å². The number of ether oxygens (including phenoxy) is 1. The maximum Gasteiger partial charge on any atom is 0.236 e. The highest BCUT2D eigenvalue weighted by Crippen LogP contribution is 2.50. The maximum absolute atomic E-state index is 12.4. The van der Waals surface area contributed by atoms with E-state index in [4.69, 9.17) is 4.74 Å². The summed E-state index contributed by atoms with van der Waals surface area (Å²) in [5.74, 6) is 1.04. The molecule has 2 aliphatic rings. The Kier molecular flexibility index (Phi) is 2.49. The van der Waals surface area contributed by atoms with Gasteiger partial charge in [0, 0.05) is 12.7 Å². The number of amides is 1. The van der Waals surface area contributed by atoms with Gasteiger partial charge in [-0.15, -0.1) is 0 Å². The van der Waals surface area contributed by atoms with Gasteiger partial charge in [-0.25, -0.2) is 0 Å². The fourth-order valence-corrected chi connectivity index (χ4v) is 3.35. The van der Waals surface area contributed by atoms with Gasteiger partial charge in [0.05, 0.1) is 12.5 Å². The second-order valence-electron chi connectivity index (χ2n) is 5.83. The minimum absolute atomic E-state index is 0.188. The van der Waals surface area contributed by atoms with E-state index >= 15 is 0 Å². The Balaban J connectivity index is 2.24. The predicted molar refractivity (Wildman–Crippen MR) is 74.8 cm³/mol. The maximum atomic E-state index is 12.4. The summed E-state index contributed by atoms with van der Waals surface area (Å²) in [6.07, 6.45) is 1.94. The average molecular weight is 257 g/mol. The van der Waals surface area contributed by atoms with Crippen molar-refractivity contribution < 1.29 is 9.53 Å². The van der Waals surface area contributed by atoms with Crippen molar-refractivity contribution in [3.63, 3.8) is 0 Å². The van der Waals surface area contributed by atoms with Crippen LogP contribution in [0.3, 0.4) is 0 Å². The normalized spacial score (nSPS) is 20.4. The van der Waals surface area contributed by atoms with E-state index in [2.05, 4.69) is 12.1 Å². The molecule has 0 atom stereocenters. The van der Waals surface area contributed by atoms with Gasteiger partial charge in [0.1, 0.15) is 5.75 Å². The Labute approximate surface area is 113 Å². The summed E-state index contributed by atoms with van der Waals surface area (Å²) in [7, 11) is 3.56. The van der Waals surface area contributed by atoms with Crippen molar-refractivity contribution in [3.8, 4) is 5.75 Å². The zero-order chi connectivity index (χ0) is 13.8. The second-order valence-corrected chi connectivity index (χ2v) is 5.83. The fraction of sp³-hybridized carbons (Fsp3) is 0.438. The quantitative estimate of drug-likeness (QED) is 0.774. The van der Waals surface area contributed by atoms with Gasteiger partial charge in [-0.3, -0.25) is 4.79 Å². The van der Waals surface area contributed by atoms with Crippen molar-refractivity contribution >= 4 is 11.5 Å². The lowest BCUT2D eigenvalue weighted by molar-refractivity contribution is -0.132. The molecule has 19 heavy (non-hydrogen) atoms. The zero-order valence-electron chi connectivity index (χ0n) is 11.9. The number of aryl methyl sites for hydroxylation is 1. The first-order chi connectivity index (χ1) is 8.96. The van der Waals surface area contributed by atoms with E-state index in [1.165, 1.54) is 22.4 Å². The first kappa shape index (κ1) is 12.3. The summed E-state index contributed by atoms with van der Waals surface area (Å²) < 4.78 is 5.33. The van der Waals surface area contributed by atoms with Crippen molar-refractivity contribution in [2.75, 3.05) is 14.2 Å². The van der Waals surface area contributed by atoms with E-state index in [-0.39, 0.29) is 5.91 Å². The van der Waals surface area contributed by atoms with Crippen LogP contribution in [0.1, 0.15) is 31.4 Å². The lowest BCUT2D eigenvalue weighted by Crippen LogP contribution is -2.30. The molecule has 0 unspecified atom stereocenters. The number of hydrogen-bond donors (Lipinski definition) is 0. The number of carbonyl (C=O) groups excluding carboxylic acids is 1. The molecule has 0 spiro atoms. The fourth-order valence-electron chi connectivity index (χ4n) is 3.35. The lowest BCUT2D eigenvalue weighted by Gasteiger charge is -2.25. The Hall–Kier alpha value is -1.77. The van der Waals surface area contributed by atoms with Gasteiger partial charge < -0.3 is 9.64 Å². The van der Waals surface area contributed by atoms with Gasteiger partial charge in [0.25, 0.3) is 0 Å². The van der Waals surface area contributed by atoms with Crippen LogP contribution >= 0.6 is 0 Å². The van der Waals surface area contributed by atoms with Crippen LogP contribution in [0.5, 0.6) is 5.75 Å². The average Bonchev–Trinajstić information content (AvgIpc) is 2.59. The standard InChI is InChI=1S/C16H19NO2/c1-16(2)14-12-9-11(19-4)7-5-10(12)6-8-13(14)17(3)15(16)18/h5,7,9H,6,8H2,1-4H3. The van der Waals surface area contributed by atoms with E-state index in [9.17, 15) is 4.79 Å². The molecule has 0 radical (unpaired) electrons. The second kappa shape index (κ2) is 3.86. The number of nitrogens with zero attached hydrogens (tertiary/aromatic N) is 1. The van der Waals surface area contributed by atoms with Crippen molar-refractivity contribution in [2.24, 2.45) is 5.41 Å². The molecule has 0 saturated heterocycles. The Morgan fingerprint density at radius 3 is 2.68 bits per heavy atom. The van der Waals surface area contributed by atoms with E-state index in [1.807, 2.05) is 31.9 Å². The molecule has 3 rings (SSSR count). The van der Waals surface area contributed by atoms with Crippen LogP contribution in [0.2, 0.25) is 0 Å². The molecule has 1 aromatic rings. The summed E-state index contributed by atoms with van der Waals surface area (Å²) in [5, 5.41) is 0. The third-order valence-electron chi connectivity index (χ3n) is 4.38. The van der Waals surface area contributed by atoms with Crippen LogP contribution in [-0.4, -0.2) is 25.0 Å². The largest absolute Gasteiger partial charge is 0.497 e. The number of methoxy groups -OCH3 is 1. The SMILES string of the molecule is COc1ccc2c(c1)C1=C(CC2)N(C)C(=O)C1(C)C. The summed E-state index contributed by atoms with van der Waals surface area (Å²) in [6.45, 7) is 4.03. The number of fused-ring (bicyclic) bond motifs is 2. The molecule has 0 fully saturated rings. The minimum Gasteiger partial charge on any atom is -0.497 e. The molecule has 3 nitrogen and oxygen atoms in total. The molecule has 1 aromatic carbocycles. The van der Waals surface area contributed by atoms with Gasteiger partial charge in [-0.05, 0) is 55.5 Å². The van der Waals surface area contributed by atoms with Crippen molar-refractivity contribution in [2.45, 2.75) is 26.7 Å². The molecular weight excluding hydrogens is 238 g/mol. The number of rotatable bonds is 1. The summed E-state index contributed by atoms with van der Waals surface area (Å²) in [4.78, 5) is 14.2. The van der Waals surface area contributed by atoms with Crippen molar-refractivity contribution in [1.82, 2.24) is 4.90 Å². The summed E-state index contributed by atoms with van der Waals surface area (Å²) in [5.41, 5.74) is 4.42. The molecule has 0 N–H and O–H groups in total. The molecular formula is C16H19NO2. The monoisotopic (exact) mass is 257 g/mol. The van der Waals surface area contributed by atoms with Crippen molar-refractivity contribution in [3.05, 3.63) is 35.0 Å². The third kappa shape index (κ3) is 1.54. The van der Waals surface area contributed by atoms with Gasteiger partial charge in [0.2, 0.25) is 5.91 Å². The predicted octanol–water partition coefficient (Wildman–Crippen LogP) is 2.85. The van der Waals surface area contributed by atoms with Gasteiger partial charge >= 0.3 is 0 Å². The smallest absolute Gasteiger partial charge is 0.236 e. The number of benzene rings is 1. The van der Waals surface area contributed by atoms with Crippen LogP contribution in [0.15, 0.2) is 23.9 Å². The van der Waals surface area contributed by atoms with Crippen LogP contribution in [0.25, 0.3) is 5.57 Å². The molecule has 1 heterocycles.